The number of hydrogen-bond donors (Lipinski definition) is 2. The molecule has 0 aliphatic heterocycles. The minimum atomic E-state index is -3.87. The lowest BCUT2D eigenvalue weighted by molar-refractivity contribution is -0.150. The molecule has 4 bridgehead atoms. The number of benzene rings is 1. The molecule has 0 amide bonds. The van der Waals surface area contributed by atoms with Crippen molar-refractivity contribution in [2.75, 3.05) is 0 Å². The van der Waals surface area contributed by atoms with E-state index in [1.54, 1.807) is 12.1 Å². The van der Waals surface area contributed by atoms with Gasteiger partial charge in [-0.1, -0.05) is 25.5 Å². The predicted octanol–water partition coefficient (Wildman–Crippen LogP) is 3.98. The normalized spacial score (nSPS) is 32.4. The Morgan fingerprint density at radius 1 is 1.11 bits per heavy atom. The van der Waals surface area contributed by atoms with Crippen LogP contribution in [0.25, 0.3) is 0 Å². The second-order valence-electron chi connectivity index (χ2n) is 9.42. The van der Waals surface area contributed by atoms with Crippen LogP contribution in [0.15, 0.2) is 29.2 Å². The number of aliphatic carboxylic acids is 1. The van der Waals surface area contributed by atoms with Crippen LogP contribution in [0.2, 0.25) is 0 Å². The van der Waals surface area contributed by atoms with Gasteiger partial charge in [0.2, 0.25) is 10.0 Å². The summed E-state index contributed by atoms with van der Waals surface area (Å²) in [5.41, 5.74) is 0.686. The Kier molecular flexibility index (Phi) is 5.29. The van der Waals surface area contributed by atoms with Crippen molar-refractivity contribution < 1.29 is 18.3 Å². The molecule has 4 aliphatic carbocycles. The molecule has 4 fully saturated rings. The lowest BCUT2D eigenvalue weighted by Crippen LogP contribution is -2.59. The number of carbonyl (C=O) groups is 1. The molecule has 4 saturated carbocycles. The van der Waals surface area contributed by atoms with Crippen molar-refractivity contribution in [2.45, 2.75) is 75.6 Å². The molecule has 4 aliphatic rings. The number of carboxylic acid groups (broad SMARTS) is 1. The van der Waals surface area contributed by atoms with Crippen molar-refractivity contribution in [3.63, 3.8) is 0 Å². The van der Waals surface area contributed by atoms with Gasteiger partial charge in [-0.05, 0) is 92.2 Å². The van der Waals surface area contributed by atoms with Crippen LogP contribution in [-0.2, 0) is 21.2 Å². The highest BCUT2D eigenvalue weighted by Gasteiger charge is 2.56. The van der Waals surface area contributed by atoms with E-state index >= 15 is 0 Å². The Morgan fingerprint density at radius 3 is 2.11 bits per heavy atom. The SMILES string of the molecule is CCCCc1ccc(S(=O)(=O)NC(C(=O)O)C23CC4CC(CC(C4)C2)C3)cc1. The summed E-state index contributed by atoms with van der Waals surface area (Å²) in [4.78, 5) is 12.3. The summed E-state index contributed by atoms with van der Waals surface area (Å²) >= 11 is 0. The summed E-state index contributed by atoms with van der Waals surface area (Å²) in [7, 11) is -3.87. The number of carboxylic acids is 1. The second kappa shape index (κ2) is 7.45. The van der Waals surface area contributed by atoms with E-state index in [1.165, 1.54) is 19.3 Å². The van der Waals surface area contributed by atoms with Crippen molar-refractivity contribution in [3.8, 4) is 0 Å². The molecule has 28 heavy (non-hydrogen) atoms. The lowest BCUT2D eigenvalue weighted by Gasteiger charge is -2.58. The van der Waals surface area contributed by atoms with Gasteiger partial charge in [-0.15, -0.1) is 0 Å². The zero-order valence-electron chi connectivity index (χ0n) is 16.6. The number of nitrogens with one attached hydrogen (secondary N) is 1. The predicted molar refractivity (Wildman–Crippen MR) is 107 cm³/mol. The van der Waals surface area contributed by atoms with Gasteiger partial charge < -0.3 is 5.11 Å². The van der Waals surface area contributed by atoms with Crippen LogP contribution in [0, 0.1) is 23.2 Å². The summed E-state index contributed by atoms with van der Waals surface area (Å²) in [6.45, 7) is 2.12. The zero-order valence-corrected chi connectivity index (χ0v) is 17.4. The molecular formula is C22H31NO4S. The monoisotopic (exact) mass is 405 g/mol. The quantitative estimate of drug-likeness (QED) is 0.685. The Hall–Kier alpha value is -1.40. The molecule has 0 saturated heterocycles. The molecule has 1 atom stereocenters. The molecule has 0 radical (unpaired) electrons. The highest BCUT2D eigenvalue weighted by Crippen LogP contribution is 2.61. The fourth-order valence-electron chi connectivity index (χ4n) is 6.41. The van der Waals surface area contributed by atoms with Crippen molar-refractivity contribution in [1.29, 1.82) is 0 Å². The average molecular weight is 406 g/mol. The van der Waals surface area contributed by atoms with E-state index in [1.807, 2.05) is 12.1 Å². The number of unbranched alkanes of at least 4 members (excludes halogenated alkanes) is 1. The maximum atomic E-state index is 13.0. The van der Waals surface area contributed by atoms with E-state index in [4.69, 9.17) is 0 Å². The number of hydrogen-bond acceptors (Lipinski definition) is 3. The van der Waals surface area contributed by atoms with Gasteiger partial charge >= 0.3 is 5.97 Å². The van der Waals surface area contributed by atoms with Gasteiger partial charge in [0.1, 0.15) is 6.04 Å². The summed E-state index contributed by atoms with van der Waals surface area (Å²) < 4.78 is 28.6. The largest absolute Gasteiger partial charge is 0.480 e. The third-order valence-electron chi connectivity index (χ3n) is 7.27. The first-order valence-electron chi connectivity index (χ1n) is 10.7. The van der Waals surface area contributed by atoms with Crippen LogP contribution in [0.3, 0.4) is 0 Å². The van der Waals surface area contributed by atoms with Gasteiger partial charge in [0.25, 0.3) is 0 Å². The molecular weight excluding hydrogens is 374 g/mol. The van der Waals surface area contributed by atoms with E-state index in [-0.39, 0.29) is 4.90 Å². The van der Waals surface area contributed by atoms with Crippen LogP contribution in [0.4, 0.5) is 0 Å². The Morgan fingerprint density at radius 2 is 1.64 bits per heavy atom. The van der Waals surface area contributed by atoms with E-state index in [9.17, 15) is 18.3 Å². The van der Waals surface area contributed by atoms with E-state index in [0.29, 0.717) is 17.8 Å². The van der Waals surface area contributed by atoms with Crippen molar-refractivity contribution in [3.05, 3.63) is 29.8 Å². The first-order chi connectivity index (χ1) is 13.3. The third kappa shape index (κ3) is 3.73. The van der Waals surface area contributed by atoms with Crippen LogP contribution in [0.5, 0.6) is 0 Å². The molecule has 1 aromatic rings. The van der Waals surface area contributed by atoms with Crippen LogP contribution >= 0.6 is 0 Å². The Labute approximate surface area is 168 Å². The Balaban J connectivity index is 1.55. The minimum Gasteiger partial charge on any atom is -0.480 e. The fourth-order valence-corrected chi connectivity index (χ4v) is 7.70. The Bertz CT molecular complexity index is 795. The van der Waals surface area contributed by atoms with Crippen LogP contribution in [-0.4, -0.2) is 25.5 Å². The number of aryl methyl sites for hydroxylation is 1. The first-order valence-corrected chi connectivity index (χ1v) is 12.1. The highest BCUT2D eigenvalue weighted by molar-refractivity contribution is 7.89. The molecule has 5 rings (SSSR count). The molecule has 6 heteroatoms. The standard InChI is InChI=1S/C22H31NO4S/c1-2-3-4-15-5-7-19(8-6-15)28(26,27)23-20(21(24)25)22-12-16-9-17(13-22)11-18(10-16)14-22/h5-8,16-18,20,23H,2-4,9-14H2,1H3,(H,24,25). The maximum Gasteiger partial charge on any atom is 0.322 e. The van der Waals surface area contributed by atoms with Gasteiger partial charge in [-0.2, -0.15) is 4.72 Å². The first kappa shape index (κ1) is 19.9. The summed E-state index contributed by atoms with van der Waals surface area (Å²) in [5.74, 6) is 0.659. The smallest absolute Gasteiger partial charge is 0.322 e. The molecule has 1 aromatic carbocycles. The zero-order chi connectivity index (χ0) is 19.9. The molecule has 1 unspecified atom stereocenters. The van der Waals surface area contributed by atoms with Crippen molar-refractivity contribution in [1.82, 2.24) is 4.72 Å². The number of rotatable bonds is 8. The third-order valence-corrected chi connectivity index (χ3v) is 8.71. The molecule has 2 N–H and O–H groups in total. The maximum absolute atomic E-state index is 13.0. The molecule has 154 valence electrons. The van der Waals surface area contributed by atoms with Gasteiger partial charge in [-0.3, -0.25) is 4.79 Å². The van der Waals surface area contributed by atoms with Gasteiger partial charge in [0, 0.05) is 0 Å². The van der Waals surface area contributed by atoms with Gasteiger partial charge in [0.05, 0.1) is 4.90 Å². The highest BCUT2D eigenvalue weighted by atomic mass is 32.2. The van der Waals surface area contributed by atoms with Crippen LogP contribution < -0.4 is 4.72 Å². The lowest BCUT2D eigenvalue weighted by atomic mass is 9.48. The molecule has 5 nitrogen and oxygen atoms in total. The van der Waals surface area contributed by atoms with Gasteiger partial charge in [-0.25, -0.2) is 8.42 Å². The van der Waals surface area contributed by atoms with E-state index < -0.39 is 27.4 Å². The molecule has 0 spiro atoms. The van der Waals surface area contributed by atoms with Crippen molar-refractivity contribution >= 4 is 16.0 Å². The topological polar surface area (TPSA) is 83.5 Å². The fraction of sp³-hybridized carbons (Fsp3) is 0.682. The summed E-state index contributed by atoms with van der Waals surface area (Å²) in [6.07, 6.45) is 9.18. The van der Waals surface area contributed by atoms with Gasteiger partial charge in [0.15, 0.2) is 0 Å². The summed E-state index contributed by atoms with van der Waals surface area (Å²) in [5, 5.41) is 9.96. The van der Waals surface area contributed by atoms with Crippen molar-refractivity contribution in [2.24, 2.45) is 23.2 Å². The summed E-state index contributed by atoms with van der Waals surface area (Å²) in [6, 6.07) is 5.85. The van der Waals surface area contributed by atoms with E-state index in [0.717, 1.165) is 44.1 Å². The minimum absolute atomic E-state index is 0.156. The molecule has 0 heterocycles. The van der Waals surface area contributed by atoms with Crippen LogP contribution in [0.1, 0.15) is 63.9 Å². The molecule has 0 aromatic heterocycles. The average Bonchev–Trinajstić information content (AvgIpc) is 2.63. The number of sulfonamides is 1. The van der Waals surface area contributed by atoms with E-state index in [2.05, 4.69) is 11.6 Å². The second-order valence-corrected chi connectivity index (χ2v) is 11.1.